The number of hydrogen-bond donors (Lipinski definition) is 4. The molecule has 1 rings (SSSR count). The van der Waals surface area contributed by atoms with Crippen molar-refractivity contribution in [3.05, 3.63) is 24.3 Å². The van der Waals surface area contributed by atoms with Gasteiger partial charge >= 0.3 is 12.1 Å². The Morgan fingerprint density at radius 2 is 1.14 bits per heavy atom. The Morgan fingerprint density at radius 3 is 1.36 bits per heavy atom. The lowest BCUT2D eigenvalue weighted by Gasteiger charge is -2.03. The van der Waals surface area contributed by atoms with Crippen LogP contribution in [-0.4, -0.2) is 12.1 Å². The fourth-order valence-electron chi connectivity index (χ4n) is 0.921. The lowest BCUT2D eigenvalue weighted by atomic mass is 10.3. The maximum atomic E-state index is 10.5. The highest BCUT2D eigenvalue weighted by atomic mass is 16.2. The number of rotatable bonds is 2. The zero-order valence-electron chi connectivity index (χ0n) is 7.28. The minimum absolute atomic E-state index is 0.549. The van der Waals surface area contributed by atoms with E-state index in [0.717, 1.165) is 0 Å². The minimum atomic E-state index is -0.638. The second-order valence-corrected chi connectivity index (χ2v) is 2.56. The van der Waals surface area contributed by atoms with Crippen LogP contribution >= 0.6 is 0 Å². The Kier molecular flexibility index (Phi) is 2.90. The molecule has 6 nitrogen and oxygen atoms in total. The average Bonchev–Trinajstić information content (AvgIpc) is 2.06. The molecular formula is C8H10N4O2. The van der Waals surface area contributed by atoms with E-state index in [1.807, 2.05) is 0 Å². The molecule has 0 aliphatic carbocycles. The van der Waals surface area contributed by atoms with E-state index >= 15 is 0 Å². The molecule has 0 aliphatic rings. The number of hydrogen-bond acceptors (Lipinski definition) is 2. The molecule has 0 fully saturated rings. The van der Waals surface area contributed by atoms with Gasteiger partial charge in [-0.1, -0.05) is 0 Å². The van der Waals surface area contributed by atoms with Crippen molar-refractivity contribution in [3.8, 4) is 0 Å². The third kappa shape index (κ3) is 3.02. The summed E-state index contributed by atoms with van der Waals surface area (Å²) in [6, 6.07) is 5.10. The number of nitrogens with one attached hydrogen (secondary N) is 2. The van der Waals surface area contributed by atoms with Crippen LogP contribution in [0.2, 0.25) is 0 Å². The van der Waals surface area contributed by atoms with Crippen LogP contribution in [0.15, 0.2) is 24.3 Å². The third-order valence-electron chi connectivity index (χ3n) is 1.42. The van der Waals surface area contributed by atoms with E-state index in [-0.39, 0.29) is 0 Å². The summed E-state index contributed by atoms with van der Waals surface area (Å²) in [7, 11) is 0. The Bertz CT molecular complexity index is 312. The number of carbonyl (C=O) groups excluding carboxylic acids is 2. The van der Waals surface area contributed by atoms with Gasteiger partial charge in [-0.3, -0.25) is 0 Å². The van der Waals surface area contributed by atoms with Gasteiger partial charge in [-0.2, -0.15) is 0 Å². The fraction of sp³-hybridized carbons (Fsp3) is 0. The second-order valence-electron chi connectivity index (χ2n) is 2.56. The summed E-state index contributed by atoms with van der Waals surface area (Å²) in [6.45, 7) is 0. The second kappa shape index (κ2) is 4.13. The highest BCUT2D eigenvalue weighted by Crippen LogP contribution is 2.12. The molecule has 0 saturated carbocycles. The molecule has 0 heterocycles. The molecule has 0 aromatic heterocycles. The average molecular weight is 194 g/mol. The fourth-order valence-corrected chi connectivity index (χ4v) is 0.921. The lowest BCUT2D eigenvalue weighted by molar-refractivity contribution is 0.258. The SMILES string of the molecule is NC(=O)Nc1ccc(NC(N)=O)cc1. The van der Waals surface area contributed by atoms with Crippen LogP contribution < -0.4 is 22.1 Å². The van der Waals surface area contributed by atoms with Crippen molar-refractivity contribution in [1.29, 1.82) is 0 Å². The first-order chi connectivity index (χ1) is 6.58. The van der Waals surface area contributed by atoms with Crippen LogP contribution in [-0.2, 0) is 0 Å². The zero-order chi connectivity index (χ0) is 10.6. The summed E-state index contributed by atoms with van der Waals surface area (Å²) in [5.74, 6) is 0. The molecule has 6 N–H and O–H groups in total. The smallest absolute Gasteiger partial charge is 0.316 e. The molecule has 6 heteroatoms. The predicted molar refractivity (Wildman–Crippen MR) is 52.9 cm³/mol. The molecule has 0 radical (unpaired) electrons. The maximum Gasteiger partial charge on any atom is 0.316 e. The van der Waals surface area contributed by atoms with Crippen molar-refractivity contribution >= 4 is 23.4 Å². The minimum Gasteiger partial charge on any atom is -0.351 e. The summed E-state index contributed by atoms with van der Waals surface area (Å²) < 4.78 is 0. The Balaban J connectivity index is 2.68. The van der Waals surface area contributed by atoms with E-state index in [4.69, 9.17) is 11.5 Å². The van der Waals surface area contributed by atoms with Gasteiger partial charge in [0.15, 0.2) is 0 Å². The highest BCUT2D eigenvalue weighted by Gasteiger charge is 1.97. The van der Waals surface area contributed by atoms with Crippen molar-refractivity contribution in [2.45, 2.75) is 0 Å². The number of anilines is 2. The maximum absolute atomic E-state index is 10.5. The van der Waals surface area contributed by atoms with Crippen LogP contribution in [0.4, 0.5) is 21.0 Å². The van der Waals surface area contributed by atoms with Crippen LogP contribution in [0, 0.1) is 0 Å². The van der Waals surface area contributed by atoms with E-state index in [2.05, 4.69) is 10.6 Å². The molecule has 1 aromatic carbocycles. The largest absolute Gasteiger partial charge is 0.351 e. The van der Waals surface area contributed by atoms with Crippen LogP contribution in [0.25, 0.3) is 0 Å². The first-order valence-electron chi connectivity index (χ1n) is 3.81. The molecule has 0 unspecified atom stereocenters. The number of urea groups is 2. The highest BCUT2D eigenvalue weighted by molar-refractivity contribution is 5.90. The van der Waals surface area contributed by atoms with Crippen molar-refractivity contribution in [2.75, 3.05) is 10.6 Å². The molecule has 0 aliphatic heterocycles. The van der Waals surface area contributed by atoms with E-state index in [9.17, 15) is 9.59 Å². The number of amides is 4. The molecule has 0 spiro atoms. The van der Waals surface area contributed by atoms with Crippen molar-refractivity contribution in [3.63, 3.8) is 0 Å². The first kappa shape index (κ1) is 9.85. The molecule has 1 aromatic rings. The summed E-state index contributed by atoms with van der Waals surface area (Å²) in [4.78, 5) is 20.9. The van der Waals surface area contributed by atoms with Gasteiger partial charge in [0.25, 0.3) is 0 Å². The molecule has 14 heavy (non-hydrogen) atoms. The molecular weight excluding hydrogens is 184 g/mol. The molecule has 0 bridgehead atoms. The standard InChI is InChI=1S/C8H10N4O2/c9-7(13)11-5-1-2-6(4-3-5)12-8(10)14/h1-4H,(H3,9,11,13)(H3,10,12,14). The first-order valence-corrected chi connectivity index (χ1v) is 3.81. The topological polar surface area (TPSA) is 110 Å². The summed E-state index contributed by atoms with van der Waals surface area (Å²) in [6.07, 6.45) is 0. The van der Waals surface area contributed by atoms with Crippen LogP contribution in [0.1, 0.15) is 0 Å². The Labute approximate surface area is 80.3 Å². The molecule has 0 atom stereocenters. The molecule has 4 amide bonds. The quantitative estimate of drug-likeness (QED) is 0.554. The molecule has 0 saturated heterocycles. The van der Waals surface area contributed by atoms with E-state index < -0.39 is 12.1 Å². The zero-order valence-corrected chi connectivity index (χ0v) is 7.28. The molecule has 74 valence electrons. The van der Waals surface area contributed by atoms with Crippen molar-refractivity contribution in [2.24, 2.45) is 11.5 Å². The van der Waals surface area contributed by atoms with Gasteiger partial charge in [-0.25, -0.2) is 9.59 Å². The lowest BCUT2D eigenvalue weighted by Crippen LogP contribution is -2.20. The number of primary amides is 2. The number of carbonyl (C=O) groups is 2. The monoisotopic (exact) mass is 194 g/mol. The van der Waals surface area contributed by atoms with E-state index in [0.29, 0.717) is 11.4 Å². The van der Waals surface area contributed by atoms with Crippen molar-refractivity contribution < 1.29 is 9.59 Å². The van der Waals surface area contributed by atoms with Gasteiger partial charge in [-0.15, -0.1) is 0 Å². The third-order valence-corrected chi connectivity index (χ3v) is 1.42. The number of benzene rings is 1. The Morgan fingerprint density at radius 1 is 0.857 bits per heavy atom. The van der Waals surface area contributed by atoms with Crippen LogP contribution in [0.5, 0.6) is 0 Å². The van der Waals surface area contributed by atoms with Gasteiger partial charge in [0.05, 0.1) is 0 Å². The van der Waals surface area contributed by atoms with E-state index in [1.54, 1.807) is 24.3 Å². The summed E-state index contributed by atoms with van der Waals surface area (Å²) in [5, 5.41) is 4.76. The number of nitrogens with two attached hydrogens (primary N) is 2. The van der Waals surface area contributed by atoms with Gasteiger partial charge < -0.3 is 22.1 Å². The van der Waals surface area contributed by atoms with Gasteiger partial charge in [0, 0.05) is 11.4 Å². The van der Waals surface area contributed by atoms with Gasteiger partial charge in [0.1, 0.15) is 0 Å². The van der Waals surface area contributed by atoms with E-state index in [1.165, 1.54) is 0 Å². The van der Waals surface area contributed by atoms with Crippen LogP contribution in [0.3, 0.4) is 0 Å². The Hall–Kier alpha value is -2.24. The summed E-state index contributed by atoms with van der Waals surface area (Å²) >= 11 is 0. The van der Waals surface area contributed by atoms with Gasteiger partial charge in [0.2, 0.25) is 0 Å². The van der Waals surface area contributed by atoms with Crippen molar-refractivity contribution in [1.82, 2.24) is 0 Å². The predicted octanol–water partition coefficient (Wildman–Crippen LogP) is 0.668. The normalized spacial score (nSPS) is 9.14. The van der Waals surface area contributed by atoms with Gasteiger partial charge in [-0.05, 0) is 24.3 Å². The summed E-state index contributed by atoms with van der Waals surface area (Å²) in [5.41, 5.74) is 10.9.